The molecule has 0 spiro atoms. The van der Waals surface area contributed by atoms with Gasteiger partial charge in [-0.25, -0.2) is 4.39 Å². The summed E-state index contributed by atoms with van der Waals surface area (Å²) in [6.45, 7) is 11.1. The van der Waals surface area contributed by atoms with Crippen LogP contribution in [-0.2, 0) is 18.9 Å². The van der Waals surface area contributed by atoms with Crippen LogP contribution in [0.1, 0.15) is 104 Å². The molecule has 1 aromatic carbocycles. The van der Waals surface area contributed by atoms with Crippen LogP contribution in [0.25, 0.3) is 0 Å². The van der Waals surface area contributed by atoms with Crippen molar-refractivity contribution < 1.29 is 23.3 Å². The zero-order chi connectivity index (χ0) is 27.9. The number of rotatable bonds is 9. The molecule has 6 rings (SSSR count). The van der Waals surface area contributed by atoms with E-state index in [4.69, 9.17) is 9.31 Å². The van der Waals surface area contributed by atoms with Crippen LogP contribution < -0.4 is 10.6 Å². The molecule has 4 saturated carbocycles. The van der Waals surface area contributed by atoms with Crippen molar-refractivity contribution >= 4 is 18.9 Å². The summed E-state index contributed by atoms with van der Waals surface area (Å²) in [5, 5.41) is 6.28. The van der Waals surface area contributed by atoms with Gasteiger partial charge in [-0.15, -0.1) is 0 Å². The minimum absolute atomic E-state index is 0.0294. The van der Waals surface area contributed by atoms with Gasteiger partial charge in [0.25, 0.3) is 0 Å². The molecule has 6 nitrogen and oxygen atoms in total. The van der Waals surface area contributed by atoms with E-state index in [9.17, 15) is 14.0 Å². The van der Waals surface area contributed by atoms with Crippen molar-refractivity contribution in [2.75, 3.05) is 0 Å². The van der Waals surface area contributed by atoms with Crippen molar-refractivity contribution in [3.05, 3.63) is 35.6 Å². The van der Waals surface area contributed by atoms with Crippen molar-refractivity contribution in [1.82, 2.24) is 10.6 Å². The molecule has 0 aromatic heterocycles. The molecule has 1 heterocycles. The molecule has 1 unspecified atom stereocenters. The van der Waals surface area contributed by atoms with E-state index >= 15 is 0 Å². The van der Waals surface area contributed by atoms with E-state index in [0.29, 0.717) is 23.3 Å². The second kappa shape index (κ2) is 11.2. The SMILES string of the molecule is CC(C)C[C@H](NC(=O)CC(NC(=O)C1CCCCC1)c1cccc(F)c1)B1O[C@@H]2C[C@@H]3C[C@@H](C3(C)C)[C@]2(C)O1. The number of benzene rings is 1. The summed E-state index contributed by atoms with van der Waals surface area (Å²) in [6.07, 6.45) is 7.92. The summed E-state index contributed by atoms with van der Waals surface area (Å²) >= 11 is 0. The monoisotopic (exact) mass is 540 g/mol. The standard InChI is InChI=1S/C31H46BFN2O4/c1-19(2)14-27(32-38-26-17-22-16-25(30(22,3)4)31(26,5)39-32)35-28(36)18-24(21-12-9-13-23(33)15-21)34-29(37)20-10-7-6-8-11-20/h9,12-13,15,19-20,22,24-27H,6-8,10-11,14,16-18H2,1-5H3,(H,34,37)(H,35,36)/t22-,24?,25-,26+,27-,31-/m0/s1. The Morgan fingerprint density at radius 2 is 1.85 bits per heavy atom. The van der Waals surface area contributed by atoms with Crippen molar-refractivity contribution in [1.29, 1.82) is 0 Å². The van der Waals surface area contributed by atoms with Gasteiger partial charge in [0.1, 0.15) is 5.82 Å². The highest BCUT2D eigenvalue weighted by atomic mass is 19.1. The average molecular weight is 541 g/mol. The van der Waals surface area contributed by atoms with Gasteiger partial charge >= 0.3 is 7.12 Å². The molecule has 1 aliphatic heterocycles. The Morgan fingerprint density at radius 3 is 2.51 bits per heavy atom. The van der Waals surface area contributed by atoms with E-state index in [1.165, 1.54) is 18.6 Å². The van der Waals surface area contributed by atoms with Crippen molar-refractivity contribution in [3.8, 4) is 0 Å². The zero-order valence-electron chi connectivity index (χ0n) is 24.3. The van der Waals surface area contributed by atoms with Crippen LogP contribution in [0.15, 0.2) is 24.3 Å². The predicted molar refractivity (Wildman–Crippen MR) is 150 cm³/mol. The number of hydrogen-bond acceptors (Lipinski definition) is 4. The van der Waals surface area contributed by atoms with Gasteiger partial charge in [-0.1, -0.05) is 59.1 Å². The molecule has 6 atom stereocenters. The van der Waals surface area contributed by atoms with Gasteiger partial charge in [-0.05, 0) is 79.9 Å². The smallest absolute Gasteiger partial charge is 0.404 e. The van der Waals surface area contributed by atoms with E-state index in [-0.39, 0.29) is 53.0 Å². The maximum Gasteiger partial charge on any atom is 0.481 e. The first kappa shape index (κ1) is 28.6. The quantitative estimate of drug-likeness (QED) is 0.391. The third-order valence-electron chi connectivity index (χ3n) is 10.3. The van der Waals surface area contributed by atoms with Crippen LogP contribution in [0, 0.1) is 34.9 Å². The van der Waals surface area contributed by atoms with Crippen molar-refractivity contribution in [2.24, 2.45) is 29.1 Å². The van der Waals surface area contributed by atoms with Gasteiger partial charge in [-0.3, -0.25) is 9.59 Å². The summed E-state index contributed by atoms with van der Waals surface area (Å²) in [4.78, 5) is 26.6. The third-order valence-corrected chi connectivity index (χ3v) is 10.3. The number of halogens is 1. The second-order valence-corrected chi connectivity index (χ2v) is 13.8. The van der Waals surface area contributed by atoms with E-state index in [1.54, 1.807) is 12.1 Å². The lowest BCUT2D eigenvalue weighted by atomic mass is 9.43. The Labute approximate surface area is 233 Å². The van der Waals surface area contributed by atoms with Gasteiger partial charge in [0.05, 0.1) is 30.1 Å². The summed E-state index contributed by atoms with van der Waals surface area (Å²) in [7, 11) is -0.508. The maximum absolute atomic E-state index is 14.1. The predicted octanol–water partition coefficient (Wildman–Crippen LogP) is 5.75. The number of amides is 2. The first-order valence-electron chi connectivity index (χ1n) is 15.2. The summed E-state index contributed by atoms with van der Waals surface area (Å²) in [5.41, 5.74) is 0.499. The molecule has 214 valence electrons. The normalized spacial score (nSPS) is 31.3. The topological polar surface area (TPSA) is 76.7 Å². The lowest BCUT2D eigenvalue weighted by Crippen LogP contribution is -2.65. The van der Waals surface area contributed by atoms with E-state index in [0.717, 1.165) is 44.9 Å². The fraction of sp³-hybridized carbons (Fsp3) is 0.742. The van der Waals surface area contributed by atoms with Crippen LogP contribution in [0.3, 0.4) is 0 Å². The molecule has 5 aliphatic rings. The van der Waals surface area contributed by atoms with Crippen LogP contribution in [0.2, 0.25) is 0 Å². The van der Waals surface area contributed by atoms with E-state index in [1.807, 2.05) is 0 Å². The van der Waals surface area contributed by atoms with Gasteiger partial charge in [0.15, 0.2) is 0 Å². The van der Waals surface area contributed by atoms with Gasteiger partial charge < -0.3 is 19.9 Å². The largest absolute Gasteiger partial charge is 0.481 e. The van der Waals surface area contributed by atoms with Gasteiger partial charge in [0, 0.05) is 5.92 Å². The molecule has 2 bridgehead atoms. The summed E-state index contributed by atoms with van der Waals surface area (Å²) < 4.78 is 27.4. The highest BCUT2D eigenvalue weighted by Gasteiger charge is 2.68. The van der Waals surface area contributed by atoms with Crippen LogP contribution in [-0.4, -0.2) is 36.6 Å². The van der Waals surface area contributed by atoms with Crippen LogP contribution >= 0.6 is 0 Å². The first-order valence-corrected chi connectivity index (χ1v) is 15.2. The first-order chi connectivity index (χ1) is 18.5. The Bertz CT molecular complexity index is 1060. The van der Waals surface area contributed by atoms with Crippen molar-refractivity contribution in [2.45, 2.75) is 116 Å². The Hall–Kier alpha value is -1.93. The summed E-state index contributed by atoms with van der Waals surface area (Å²) in [6, 6.07) is 5.58. The summed E-state index contributed by atoms with van der Waals surface area (Å²) in [5.74, 6) is 0.448. The Morgan fingerprint density at radius 1 is 1.10 bits per heavy atom. The van der Waals surface area contributed by atoms with E-state index < -0.39 is 13.2 Å². The molecule has 4 aliphatic carbocycles. The molecular weight excluding hydrogens is 494 g/mol. The third kappa shape index (κ3) is 5.79. The minimum atomic E-state index is -0.603. The minimum Gasteiger partial charge on any atom is -0.404 e. The zero-order valence-corrected chi connectivity index (χ0v) is 24.3. The molecule has 8 heteroatoms. The fourth-order valence-electron chi connectivity index (χ4n) is 7.90. The Balaban J connectivity index is 1.29. The van der Waals surface area contributed by atoms with Crippen molar-refractivity contribution in [3.63, 3.8) is 0 Å². The molecule has 1 saturated heterocycles. The van der Waals surface area contributed by atoms with Gasteiger partial charge in [-0.2, -0.15) is 0 Å². The molecule has 0 radical (unpaired) electrons. The molecule has 5 fully saturated rings. The Kier molecular flexibility index (Phi) is 8.18. The highest BCUT2D eigenvalue weighted by Crippen LogP contribution is 2.65. The maximum atomic E-state index is 14.1. The number of carbonyl (C=O) groups excluding carboxylic acids is 2. The van der Waals surface area contributed by atoms with E-state index in [2.05, 4.69) is 45.3 Å². The number of nitrogens with one attached hydrogen (secondary N) is 2. The highest BCUT2D eigenvalue weighted by molar-refractivity contribution is 6.47. The number of carbonyl (C=O) groups is 2. The van der Waals surface area contributed by atoms with Crippen LogP contribution in [0.4, 0.5) is 4.39 Å². The number of hydrogen-bond donors (Lipinski definition) is 2. The van der Waals surface area contributed by atoms with Crippen LogP contribution in [0.5, 0.6) is 0 Å². The lowest BCUT2D eigenvalue weighted by Gasteiger charge is -2.64. The molecule has 2 amide bonds. The molecule has 1 aromatic rings. The molecular formula is C31H46BFN2O4. The molecule has 2 N–H and O–H groups in total. The molecule has 39 heavy (non-hydrogen) atoms. The average Bonchev–Trinajstić information content (AvgIpc) is 3.25. The lowest BCUT2D eigenvalue weighted by molar-refractivity contribution is -0.199. The van der Waals surface area contributed by atoms with Gasteiger partial charge in [0.2, 0.25) is 11.8 Å². The fourth-order valence-corrected chi connectivity index (χ4v) is 7.90. The second-order valence-electron chi connectivity index (χ2n) is 13.8.